The van der Waals surface area contributed by atoms with Gasteiger partial charge in [-0.2, -0.15) is 4.80 Å². The Morgan fingerprint density at radius 3 is 3.00 bits per heavy atom. The first-order chi connectivity index (χ1) is 8.78. The number of pyridine rings is 1. The molecule has 7 nitrogen and oxygen atoms in total. The van der Waals surface area contributed by atoms with Crippen molar-refractivity contribution in [2.45, 2.75) is 13.2 Å². The van der Waals surface area contributed by atoms with E-state index in [1.165, 1.54) is 4.80 Å². The fourth-order valence-corrected chi connectivity index (χ4v) is 1.98. The van der Waals surface area contributed by atoms with Crippen molar-refractivity contribution in [3.63, 3.8) is 0 Å². The minimum atomic E-state index is -0.0108. The van der Waals surface area contributed by atoms with Crippen LogP contribution in [0.4, 0.5) is 0 Å². The van der Waals surface area contributed by atoms with Crippen LogP contribution in [0.1, 0.15) is 11.4 Å². The predicted octanol–water partition coefficient (Wildman–Crippen LogP) is 0.100. The quantitative estimate of drug-likeness (QED) is 0.706. The summed E-state index contributed by atoms with van der Waals surface area (Å²) in [6, 6.07) is 3.79. The summed E-state index contributed by atoms with van der Waals surface area (Å²) in [6.45, 7) is 0.477. The normalized spacial score (nSPS) is 11.2. The first-order valence-electron chi connectivity index (χ1n) is 5.54. The number of aryl methyl sites for hydroxylation is 1. The van der Waals surface area contributed by atoms with Crippen LogP contribution in [-0.4, -0.2) is 34.9 Å². The van der Waals surface area contributed by atoms with Crippen molar-refractivity contribution in [3.05, 3.63) is 35.9 Å². The molecular weight excluding hydrogens is 232 g/mol. The van der Waals surface area contributed by atoms with Gasteiger partial charge in [-0.15, -0.1) is 10.2 Å². The van der Waals surface area contributed by atoms with Gasteiger partial charge in [0, 0.05) is 23.3 Å². The molecule has 18 heavy (non-hydrogen) atoms. The Bertz CT molecular complexity index is 686. The van der Waals surface area contributed by atoms with Gasteiger partial charge in [0.25, 0.3) is 0 Å². The topological polar surface area (TPSA) is 81.7 Å². The Morgan fingerprint density at radius 2 is 2.28 bits per heavy atom. The molecule has 7 heteroatoms. The third-order valence-electron chi connectivity index (χ3n) is 2.75. The summed E-state index contributed by atoms with van der Waals surface area (Å²) < 4.78 is 1.91. The molecule has 0 amide bonds. The van der Waals surface area contributed by atoms with E-state index < -0.39 is 0 Å². The zero-order valence-electron chi connectivity index (χ0n) is 9.85. The Labute approximate surface area is 103 Å². The lowest BCUT2D eigenvalue weighted by molar-refractivity contribution is 0.283. The van der Waals surface area contributed by atoms with E-state index in [1.807, 2.05) is 22.9 Å². The van der Waals surface area contributed by atoms with E-state index in [1.54, 1.807) is 13.2 Å². The molecule has 0 unspecified atom stereocenters. The van der Waals surface area contributed by atoms with E-state index in [4.69, 9.17) is 0 Å². The summed E-state index contributed by atoms with van der Waals surface area (Å²) in [5.74, 6) is 0.615. The van der Waals surface area contributed by atoms with Gasteiger partial charge in [-0.1, -0.05) is 0 Å². The molecule has 0 atom stereocenters. The molecule has 3 aromatic heterocycles. The molecule has 0 spiro atoms. The fourth-order valence-electron chi connectivity index (χ4n) is 1.98. The standard InChI is InChI=1S/C11H12N6O/c1-16-14-10(13-15-16)6-17-5-8(7-18)9-3-2-4-12-11(9)17/h2-5,18H,6-7H2,1H3. The van der Waals surface area contributed by atoms with Crippen molar-refractivity contribution >= 4 is 11.0 Å². The summed E-state index contributed by atoms with van der Waals surface area (Å²) in [7, 11) is 1.72. The molecule has 3 heterocycles. The monoisotopic (exact) mass is 244 g/mol. The van der Waals surface area contributed by atoms with Gasteiger partial charge in [0.15, 0.2) is 5.82 Å². The molecule has 0 aliphatic rings. The highest BCUT2D eigenvalue weighted by atomic mass is 16.3. The maximum absolute atomic E-state index is 9.33. The van der Waals surface area contributed by atoms with E-state index in [9.17, 15) is 5.11 Å². The summed E-state index contributed by atoms with van der Waals surface area (Å²) >= 11 is 0. The van der Waals surface area contributed by atoms with Gasteiger partial charge in [0.05, 0.1) is 20.2 Å². The minimum absolute atomic E-state index is 0.0108. The zero-order chi connectivity index (χ0) is 12.5. The average molecular weight is 244 g/mol. The molecule has 0 fully saturated rings. The number of tetrazole rings is 1. The van der Waals surface area contributed by atoms with E-state index in [2.05, 4.69) is 20.4 Å². The van der Waals surface area contributed by atoms with Crippen LogP contribution in [0.5, 0.6) is 0 Å². The fraction of sp³-hybridized carbons (Fsp3) is 0.273. The molecule has 3 rings (SSSR count). The van der Waals surface area contributed by atoms with Crippen molar-refractivity contribution in [2.75, 3.05) is 0 Å². The number of hydrogen-bond acceptors (Lipinski definition) is 5. The van der Waals surface area contributed by atoms with Crippen LogP contribution >= 0.6 is 0 Å². The van der Waals surface area contributed by atoms with Gasteiger partial charge in [-0.25, -0.2) is 4.98 Å². The van der Waals surface area contributed by atoms with Crippen LogP contribution in [0, 0.1) is 0 Å². The van der Waals surface area contributed by atoms with Crippen LogP contribution in [-0.2, 0) is 20.2 Å². The first kappa shape index (κ1) is 10.8. The molecule has 0 aliphatic heterocycles. The summed E-state index contributed by atoms with van der Waals surface area (Å²) in [4.78, 5) is 5.74. The number of hydrogen-bond donors (Lipinski definition) is 1. The SMILES string of the molecule is Cn1nnc(Cn2cc(CO)c3cccnc32)n1. The molecule has 3 aromatic rings. The number of aromatic nitrogens is 6. The van der Waals surface area contributed by atoms with Crippen molar-refractivity contribution in [3.8, 4) is 0 Å². The smallest absolute Gasteiger partial charge is 0.194 e. The lowest BCUT2D eigenvalue weighted by atomic mass is 10.2. The molecule has 0 saturated carbocycles. The Kier molecular flexibility index (Phi) is 2.52. The highest BCUT2D eigenvalue weighted by molar-refractivity contribution is 5.80. The maximum atomic E-state index is 9.33. The van der Waals surface area contributed by atoms with Crippen LogP contribution in [0.15, 0.2) is 24.5 Å². The van der Waals surface area contributed by atoms with Crippen molar-refractivity contribution in [2.24, 2.45) is 7.05 Å². The molecule has 0 bridgehead atoms. The number of rotatable bonds is 3. The molecule has 92 valence electrons. The lowest BCUT2D eigenvalue weighted by Gasteiger charge is -1.99. The van der Waals surface area contributed by atoms with Crippen molar-refractivity contribution in [1.82, 2.24) is 29.8 Å². The number of aliphatic hydroxyl groups excluding tert-OH is 1. The van der Waals surface area contributed by atoms with E-state index >= 15 is 0 Å². The number of aliphatic hydroxyl groups is 1. The average Bonchev–Trinajstić information content (AvgIpc) is 2.95. The Hall–Kier alpha value is -2.28. The van der Waals surface area contributed by atoms with E-state index in [0.29, 0.717) is 12.4 Å². The van der Waals surface area contributed by atoms with Crippen LogP contribution in [0.3, 0.4) is 0 Å². The van der Waals surface area contributed by atoms with E-state index in [-0.39, 0.29) is 6.61 Å². The van der Waals surface area contributed by atoms with Gasteiger partial charge < -0.3 is 9.67 Å². The van der Waals surface area contributed by atoms with Crippen LogP contribution in [0.2, 0.25) is 0 Å². The second kappa shape index (κ2) is 4.19. The van der Waals surface area contributed by atoms with Gasteiger partial charge in [-0.3, -0.25) is 0 Å². The van der Waals surface area contributed by atoms with E-state index in [0.717, 1.165) is 16.6 Å². The lowest BCUT2D eigenvalue weighted by Crippen LogP contribution is -2.02. The summed E-state index contributed by atoms with van der Waals surface area (Å²) in [5.41, 5.74) is 1.66. The summed E-state index contributed by atoms with van der Waals surface area (Å²) in [6.07, 6.45) is 3.60. The molecule has 0 aliphatic carbocycles. The highest BCUT2D eigenvalue weighted by Crippen LogP contribution is 2.19. The van der Waals surface area contributed by atoms with Gasteiger partial charge in [0.2, 0.25) is 0 Å². The molecule has 0 aromatic carbocycles. The molecule has 0 saturated heterocycles. The minimum Gasteiger partial charge on any atom is -0.392 e. The zero-order valence-corrected chi connectivity index (χ0v) is 9.85. The largest absolute Gasteiger partial charge is 0.392 e. The van der Waals surface area contributed by atoms with Crippen LogP contribution < -0.4 is 0 Å². The second-order valence-corrected chi connectivity index (χ2v) is 4.01. The van der Waals surface area contributed by atoms with Gasteiger partial charge >= 0.3 is 0 Å². The summed E-state index contributed by atoms with van der Waals surface area (Å²) in [5, 5.41) is 22.1. The third kappa shape index (κ3) is 1.74. The van der Waals surface area contributed by atoms with Crippen molar-refractivity contribution < 1.29 is 5.11 Å². The van der Waals surface area contributed by atoms with Crippen molar-refractivity contribution in [1.29, 1.82) is 0 Å². The third-order valence-corrected chi connectivity index (χ3v) is 2.75. The number of nitrogens with zero attached hydrogens (tertiary/aromatic N) is 6. The number of fused-ring (bicyclic) bond motifs is 1. The predicted molar refractivity (Wildman–Crippen MR) is 63.6 cm³/mol. The molecular formula is C11H12N6O. The highest BCUT2D eigenvalue weighted by Gasteiger charge is 2.10. The molecule has 1 N–H and O–H groups in total. The van der Waals surface area contributed by atoms with Crippen LogP contribution in [0.25, 0.3) is 11.0 Å². The molecule has 0 radical (unpaired) electrons. The van der Waals surface area contributed by atoms with Gasteiger partial charge in [0.1, 0.15) is 5.65 Å². The maximum Gasteiger partial charge on any atom is 0.194 e. The van der Waals surface area contributed by atoms with Gasteiger partial charge in [-0.05, 0) is 17.3 Å². The Balaban J connectivity index is 2.06. The Morgan fingerprint density at radius 1 is 1.39 bits per heavy atom. The second-order valence-electron chi connectivity index (χ2n) is 4.01. The first-order valence-corrected chi connectivity index (χ1v) is 5.54.